The van der Waals surface area contributed by atoms with Crippen LogP contribution in [0.2, 0.25) is 0 Å². The number of carboxylic acids is 1. The molecule has 0 spiro atoms. The van der Waals surface area contributed by atoms with E-state index < -0.39 is 21.8 Å². The predicted molar refractivity (Wildman–Crippen MR) is 80.4 cm³/mol. The summed E-state index contributed by atoms with van der Waals surface area (Å²) in [6.45, 7) is 1.98. The van der Waals surface area contributed by atoms with E-state index >= 15 is 0 Å². The Balaban J connectivity index is 2.26. The van der Waals surface area contributed by atoms with E-state index in [-0.39, 0.29) is 5.16 Å². The molecule has 0 saturated heterocycles. The average Bonchev–Trinajstić information content (AvgIpc) is 2.96. The van der Waals surface area contributed by atoms with Crippen molar-refractivity contribution in [3.8, 4) is 11.3 Å². The highest BCUT2D eigenvalue weighted by atomic mass is 32.2. The molecule has 2 aromatic rings. The zero-order valence-corrected chi connectivity index (χ0v) is 13.6. The second-order valence-corrected chi connectivity index (χ2v) is 7.02. The molecule has 1 atom stereocenters. The van der Waals surface area contributed by atoms with Gasteiger partial charge in [-0.3, -0.25) is 0 Å². The van der Waals surface area contributed by atoms with Gasteiger partial charge in [-0.25, -0.2) is 27.9 Å². The van der Waals surface area contributed by atoms with Gasteiger partial charge in [0.15, 0.2) is 6.04 Å². The number of hydrogen-bond acceptors (Lipinski definition) is 7. The van der Waals surface area contributed by atoms with Crippen LogP contribution in [0.3, 0.4) is 0 Å². The average molecular weight is 339 g/mol. The van der Waals surface area contributed by atoms with Crippen molar-refractivity contribution in [2.24, 2.45) is 0 Å². The maximum absolute atomic E-state index is 11.3. The third-order valence-corrected chi connectivity index (χ3v) is 4.08. The number of sulfone groups is 1. The normalized spacial score (nSPS) is 13.0. The van der Waals surface area contributed by atoms with Gasteiger partial charge in [-0.1, -0.05) is 25.0 Å². The third-order valence-electron chi connectivity index (χ3n) is 3.20. The molecule has 0 aliphatic carbocycles. The Bertz CT molecular complexity index is 785. The van der Waals surface area contributed by atoms with E-state index in [1.54, 1.807) is 0 Å². The molecule has 23 heavy (non-hydrogen) atoms. The monoisotopic (exact) mass is 339 g/mol. The maximum atomic E-state index is 11.3. The van der Waals surface area contributed by atoms with Crippen LogP contribution in [0.5, 0.6) is 0 Å². The Labute approximate surface area is 133 Å². The van der Waals surface area contributed by atoms with Crippen molar-refractivity contribution in [3.05, 3.63) is 18.6 Å². The molecule has 2 heterocycles. The highest BCUT2D eigenvalue weighted by Gasteiger charge is 2.21. The summed E-state index contributed by atoms with van der Waals surface area (Å²) >= 11 is 0. The maximum Gasteiger partial charge on any atom is 0.328 e. The van der Waals surface area contributed by atoms with Crippen LogP contribution in [0.1, 0.15) is 32.2 Å². The molecule has 9 nitrogen and oxygen atoms in total. The molecule has 124 valence electrons. The summed E-state index contributed by atoms with van der Waals surface area (Å²) in [5.74, 6) is -0.974. The van der Waals surface area contributed by atoms with Gasteiger partial charge in [0.25, 0.3) is 0 Å². The van der Waals surface area contributed by atoms with Crippen molar-refractivity contribution in [2.45, 2.75) is 37.4 Å². The molecule has 0 fully saturated rings. The van der Waals surface area contributed by atoms with Crippen LogP contribution in [0.15, 0.2) is 23.7 Å². The molecule has 0 aliphatic rings. The van der Waals surface area contributed by atoms with Crippen LogP contribution in [-0.2, 0) is 14.6 Å². The molecule has 1 unspecified atom stereocenters. The first kappa shape index (κ1) is 17.0. The Kier molecular flexibility index (Phi) is 5.04. The largest absolute Gasteiger partial charge is 0.480 e. The number of hydrogen-bond donors (Lipinski definition) is 1. The molecule has 0 amide bonds. The quantitative estimate of drug-likeness (QED) is 0.738. The lowest BCUT2D eigenvalue weighted by Crippen LogP contribution is -2.19. The van der Waals surface area contributed by atoms with Crippen LogP contribution < -0.4 is 0 Å². The second-order valence-electron chi connectivity index (χ2n) is 5.11. The van der Waals surface area contributed by atoms with Gasteiger partial charge in [0.2, 0.25) is 15.0 Å². The van der Waals surface area contributed by atoms with E-state index in [9.17, 15) is 18.3 Å². The Morgan fingerprint density at radius 1 is 1.35 bits per heavy atom. The van der Waals surface area contributed by atoms with Crippen LogP contribution in [0, 0.1) is 0 Å². The highest BCUT2D eigenvalue weighted by Crippen LogP contribution is 2.19. The Morgan fingerprint density at radius 2 is 2.00 bits per heavy atom. The Morgan fingerprint density at radius 3 is 2.52 bits per heavy atom. The minimum atomic E-state index is -3.47. The summed E-state index contributed by atoms with van der Waals surface area (Å²) in [5, 5.41) is 16.8. The van der Waals surface area contributed by atoms with E-state index in [1.165, 1.54) is 23.3 Å². The topological polar surface area (TPSA) is 128 Å². The van der Waals surface area contributed by atoms with Crippen molar-refractivity contribution in [3.63, 3.8) is 0 Å². The highest BCUT2D eigenvalue weighted by molar-refractivity contribution is 7.90. The molecular weight excluding hydrogens is 322 g/mol. The number of carboxylic acid groups (broad SMARTS) is 1. The van der Waals surface area contributed by atoms with Gasteiger partial charge in [-0.15, -0.1) is 5.10 Å². The smallest absolute Gasteiger partial charge is 0.328 e. The van der Waals surface area contributed by atoms with Crippen molar-refractivity contribution >= 4 is 15.8 Å². The number of aliphatic carboxylic acids is 1. The number of unbranched alkanes of at least 4 members (excludes halogenated alkanes) is 1. The zero-order chi connectivity index (χ0) is 17.0. The van der Waals surface area contributed by atoms with E-state index in [4.69, 9.17) is 0 Å². The summed E-state index contributed by atoms with van der Waals surface area (Å²) in [5.41, 5.74) is 0.844. The molecule has 10 heteroatoms. The SMILES string of the molecule is CCCCC(C(=O)O)n1cc(-c2cnc(S(C)(=O)=O)nc2)nn1. The first-order valence-corrected chi connectivity index (χ1v) is 8.89. The van der Waals surface area contributed by atoms with Crippen LogP contribution >= 0.6 is 0 Å². The van der Waals surface area contributed by atoms with Crippen LogP contribution in [0.25, 0.3) is 11.3 Å². The van der Waals surface area contributed by atoms with Gasteiger partial charge in [0, 0.05) is 24.2 Å². The molecule has 0 aliphatic heterocycles. The molecule has 1 N–H and O–H groups in total. The van der Waals surface area contributed by atoms with Gasteiger partial charge in [-0.05, 0) is 6.42 Å². The first-order chi connectivity index (χ1) is 10.8. The fourth-order valence-electron chi connectivity index (χ4n) is 1.97. The van der Waals surface area contributed by atoms with Crippen molar-refractivity contribution in [1.82, 2.24) is 25.0 Å². The third kappa shape index (κ3) is 4.09. The fourth-order valence-corrected chi connectivity index (χ4v) is 2.46. The molecule has 2 rings (SSSR count). The van der Waals surface area contributed by atoms with E-state index in [2.05, 4.69) is 20.3 Å². The summed E-state index contributed by atoms with van der Waals surface area (Å²) in [7, 11) is -3.47. The predicted octanol–water partition coefficient (Wildman–Crippen LogP) is 0.954. The number of nitrogens with zero attached hydrogens (tertiary/aromatic N) is 5. The molecular formula is C13H17N5O4S. The number of carbonyl (C=O) groups is 1. The van der Waals surface area contributed by atoms with Gasteiger partial charge in [0.05, 0.1) is 6.20 Å². The summed E-state index contributed by atoms with van der Waals surface area (Å²) in [6.07, 6.45) is 7.25. The second kappa shape index (κ2) is 6.82. The van der Waals surface area contributed by atoms with Gasteiger partial charge in [-0.2, -0.15) is 0 Å². The summed E-state index contributed by atoms with van der Waals surface area (Å²) in [6, 6.07) is -0.785. The van der Waals surface area contributed by atoms with Crippen molar-refractivity contribution in [1.29, 1.82) is 0 Å². The van der Waals surface area contributed by atoms with Crippen molar-refractivity contribution in [2.75, 3.05) is 6.26 Å². The Hall–Kier alpha value is -2.36. The van der Waals surface area contributed by atoms with Crippen LogP contribution in [-0.4, -0.2) is 50.7 Å². The number of aromatic nitrogens is 5. The van der Waals surface area contributed by atoms with E-state index in [0.717, 1.165) is 19.1 Å². The van der Waals surface area contributed by atoms with Crippen molar-refractivity contribution < 1.29 is 18.3 Å². The standard InChI is InChI=1S/C13H17N5O4S/c1-3-4-5-11(12(19)20)18-8-10(16-17-18)9-6-14-13(15-7-9)23(2,21)22/h6-8,11H,3-5H2,1-2H3,(H,19,20). The van der Waals surface area contributed by atoms with Gasteiger partial charge < -0.3 is 5.11 Å². The van der Waals surface area contributed by atoms with Crippen LogP contribution in [0.4, 0.5) is 0 Å². The lowest BCUT2D eigenvalue weighted by Gasteiger charge is -2.10. The molecule has 2 aromatic heterocycles. The minimum Gasteiger partial charge on any atom is -0.480 e. The molecule has 0 saturated carbocycles. The first-order valence-electron chi connectivity index (χ1n) is 7.00. The lowest BCUT2D eigenvalue weighted by atomic mass is 10.1. The molecule has 0 bridgehead atoms. The van der Waals surface area contributed by atoms with E-state index in [0.29, 0.717) is 17.7 Å². The molecule has 0 aromatic carbocycles. The fraction of sp³-hybridized carbons (Fsp3) is 0.462. The van der Waals surface area contributed by atoms with Gasteiger partial charge >= 0.3 is 5.97 Å². The summed E-state index contributed by atoms with van der Waals surface area (Å²) in [4.78, 5) is 18.9. The lowest BCUT2D eigenvalue weighted by molar-refractivity contribution is -0.141. The summed E-state index contributed by atoms with van der Waals surface area (Å²) < 4.78 is 23.9. The molecule has 0 radical (unpaired) electrons. The van der Waals surface area contributed by atoms with Gasteiger partial charge in [0.1, 0.15) is 5.69 Å². The zero-order valence-electron chi connectivity index (χ0n) is 12.7. The number of rotatable bonds is 7. The van der Waals surface area contributed by atoms with E-state index in [1.807, 2.05) is 6.92 Å². The minimum absolute atomic E-state index is 0.278.